The van der Waals surface area contributed by atoms with E-state index in [1.165, 1.54) is 18.4 Å². The van der Waals surface area contributed by atoms with Crippen molar-refractivity contribution >= 4 is 29.3 Å². The summed E-state index contributed by atoms with van der Waals surface area (Å²) >= 11 is 1.20. The van der Waals surface area contributed by atoms with E-state index in [9.17, 15) is 19.5 Å². The van der Waals surface area contributed by atoms with Crippen LogP contribution < -0.4 is 10.6 Å². The van der Waals surface area contributed by atoms with Crippen LogP contribution in [0, 0.1) is 0 Å². The molecule has 0 spiro atoms. The quantitative estimate of drug-likeness (QED) is 0.527. The summed E-state index contributed by atoms with van der Waals surface area (Å²) in [6, 6.07) is 7.61. The van der Waals surface area contributed by atoms with Crippen molar-refractivity contribution in [2.24, 2.45) is 0 Å². The molecule has 1 aromatic heterocycles. The third kappa shape index (κ3) is 7.65. The van der Waals surface area contributed by atoms with Gasteiger partial charge in [-0.2, -0.15) is 0 Å². The third-order valence-electron chi connectivity index (χ3n) is 4.00. The zero-order valence-corrected chi connectivity index (χ0v) is 18.7. The van der Waals surface area contributed by atoms with Gasteiger partial charge < -0.3 is 25.2 Å². The Morgan fingerprint density at radius 2 is 1.84 bits per heavy atom. The number of hydrogen-bond acceptors (Lipinski definition) is 8. The molecule has 2 aromatic rings. The van der Waals surface area contributed by atoms with Crippen molar-refractivity contribution in [1.82, 2.24) is 15.6 Å². The van der Waals surface area contributed by atoms with Crippen molar-refractivity contribution in [3.05, 3.63) is 52.0 Å². The monoisotopic (exact) mass is 449 g/mol. The van der Waals surface area contributed by atoms with Gasteiger partial charge in [0.1, 0.15) is 16.7 Å². The van der Waals surface area contributed by atoms with Gasteiger partial charge in [-0.3, -0.25) is 4.79 Å². The number of rotatable bonds is 8. The second kappa shape index (κ2) is 10.9. The van der Waals surface area contributed by atoms with Crippen LogP contribution in [0.4, 0.5) is 4.79 Å². The molecular weight excluding hydrogens is 422 g/mol. The lowest BCUT2D eigenvalue weighted by Gasteiger charge is -2.24. The first kappa shape index (κ1) is 24.3. The first-order chi connectivity index (χ1) is 14.6. The Morgan fingerprint density at radius 1 is 1.16 bits per heavy atom. The third-order valence-corrected chi connectivity index (χ3v) is 4.96. The zero-order valence-electron chi connectivity index (χ0n) is 17.9. The van der Waals surface area contributed by atoms with E-state index in [0.717, 1.165) is 5.56 Å². The van der Waals surface area contributed by atoms with Gasteiger partial charge in [0.05, 0.1) is 19.8 Å². The van der Waals surface area contributed by atoms with E-state index in [1.807, 2.05) is 30.3 Å². The molecule has 1 aromatic carbocycles. The Morgan fingerprint density at radius 3 is 2.42 bits per heavy atom. The number of aliphatic hydroxyl groups excluding tert-OH is 1. The van der Waals surface area contributed by atoms with Crippen molar-refractivity contribution in [2.75, 3.05) is 13.7 Å². The molecular formula is C21H27N3O6S. The number of thiazole rings is 1. The summed E-state index contributed by atoms with van der Waals surface area (Å²) in [6.45, 7) is 4.46. The van der Waals surface area contributed by atoms with Crippen LogP contribution in [0.5, 0.6) is 0 Å². The van der Waals surface area contributed by atoms with Crippen LogP contribution in [-0.2, 0) is 20.7 Å². The summed E-state index contributed by atoms with van der Waals surface area (Å²) in [4.78, 5) is 40.8. The Hall–Kier alpha value is -2.98. The van der Waals surface area contributed by atoms with E-state index in [0.29, 0.717) is 11.4 Å². The molecule has 2 atom stereocenters. The molecule has 0 aliphatic heterocycles. The maximum atomic E-state index is 12.8. The average Bonchev–Trinajstić information content (AvgIpc) is 3.20. The topological polar surface area (TPSA) is 127 Å². The van der Waals surface area contributed by atoms with Gasteiger partial charge in [-0.1, -0.05) is 30.3 Å². The smallest absolute Gasteiger partial charge is 0.408 e. The van der Waals surface area contributed by atoms with Crippen LogP contribution >= 0.6 is 11.3 Å². The normalized spacial score (nSPS) is 13.1. The predicted molar refractivity (Wildman–Crippen MR) is 115 cm³/mol. The molecule has 1 heterocycles. The van der Waals surface area contributed by atoms with E-state index in [1.54, 1.807) is 26.2 Å². The van der Waals surface area contributed by atoms with E-state index >= 15 is 0 Å². The Kier molecular flexibility index (Phi) is 8.52. The van der Waals surface area contributed by atoms with Gasteiger partial charge >= 0.3 is 12.1 Å². The molecule has 0 aliphatic carbocycles. The molecule has 0 saturated carbocycles. The van der Waals surface area contributed by atoms with Crippen molar-refractivity contribution in [2.45, 2.75) is 44.9 Å². The number of carbonyl (C=O) groups is 3. The summed E-state index contributed by atoms with van der Waals surface area (Å²) < 4.78 is 9.84. The van der Waals surface area contributed by atoms with Crippen molar-refractivity contribution in [3.8, 4) is 0 Å². The lowest BCUT2D eigenvalue weighted by molar-refractivity contribution is -0.124. The van der Waals surface area contributed by atoms with Crippen molar-refractivity contribution in [1.29, 1.82) is 0 Å². The molecule has 0 radical (unpaired) electrons. The maximum Gasteiger partial charge on any atom is 0.408 e. The van der Waals surface area contributed by atoms with Gasteiger partial charge in [0, 0.05) is 5.38 Å². The number of aliphatic hydroxyl groups is 1. The molecule has 0 unspecified atom stereocenters. The minimum absolute atomic E-state index is 0.139. The second-order valence-corrected chi connectivity index (χ2v) is 8.58. The van der Waals surface area contributed by atoms with Gasteiger partial charge in [-0.25, -0.2) is 14.6 Å². The Labute approximate surface area is 184 Å². The van der Waals surface area contributed by atoms with Gasteiger partial charge in [-0.15, -0.1) is 11.3 Å². The summed E-state index contributed by atoms with van der Waals surface area (Å²) in [5.41, 5.74) is 0.324. The highest BCUT2D eigenvalue weighted by atomic mass is 32.1. The van der Waals surface area contributed by atoms with Crippen molar-refractivity contribution in [3.63, 3.8) is 0 Å². The summed E-state index contributed by atoms with van der Waals surface area (Å²) in [6.07, 6.45) is -0.422. The number of alkyl carbamates (subject to hydrolysis) is 1. The number of nitrogens with one attached hydrogen (secondary N) is 2. The zero-order chi connectivity index (χ0) is 23.0. The summed E-state index contributed by atoms with van der Waals surface area (Å²) in [7, 11) is 1.26. The van der Waals surface area contributed by atoms with Gasteiger partial charge in [0.2, 0.25) is 5.91 Å². The van der Waals surface area contributed by atoms with Crippen LogP contribution in [0.1, 0.15) is 47.9 Å². The molecule has 9 nitrogen and oxygen atoms in total. The minimum Gasteiger partial charge on any atom is -0.464 e. The van der Waals surface area contributed by atoms with Gasteiger partial charge in [0.15, 0.2) is 5.69 Å². The largest absolute Gasteiger partial charge is 0.464 e. The first-order valence-corrected chi connectivity index (χ1v) is 10.5. The van der Waals surface area contributed by atoms with Gasteiger partial charge in [0.25, 0.3) is 0 Å². The molecule has 0 fully saturated rings. The van der Waals surface area contributed by atoms with Crippen LogP contribution in [0.25, 0.3) is 0 Å². The number of methoxy groups -OCH3 is 1. The van der Waals surface area contributed by atoms with Crippen molar-refractivity contribution < 1.29 is 29.0 Å². The summed E-state index contributed by atoms with van der Waals surface area (Å²) in [5.74, 6) is -1.18. The molecule has 0 saturated heterocycles. The average molecular weight is 450 g/mol. The first-order valence-electron chi connectivity index (χ1n) is 9.61. The standard InChI is InChI=1S/C21H27N3O6S/c1-21(2,3)30-20(28)24-15(11-25)17(26)22-14(10-13-8-6-5-7-9-13)18-23-16(12-31-18)19(27)29-4/h5-9,12,14-15,25H,10-11H2,1-4H3,(H,22,26)(H,24,28)/t14-,15+/m1/s1. The molecule has 0 aliphatic rings. The van der Waals surface area contributed by atoms with Crippen LogP contribution in [0.3, 0.4) is 0 Å². The Balaban J connectivity index is 2.18. The number of ether oxygens (including phenoxy) is 2. The number of carbonyl (C=O) groups excluding carboxylic acids is 3. The second-order valence-electron chi connectivity index (χ2n) is 7.69. The van der Waals surface area contributed by atoms with Crippen LogP contribution in [0.2, 0.25) is 0 Å². The molecule has 31 heavy (non-hydrogen) atoms. The highest BCUT2D eigenvalue weighted by Gasteiger charge is 2.27. The fourth-order valence-corrected chi connectivity index (χ4v) is 3.45. The summed E-state index contributed by atoms with van der Waals surface area (Å²) in [5, 5.41) is 16.8. The molecule has 2 amide bonds. The number of benzene rings is 1. The molecule has 0 bridgehead atoms. The molecule has 3 N–H and O–H groups in total. The minimum atomic E-state index is -1.21. The number of hydrogen-bond donors (Lipinski definition) is 3. The lowest BCUT2D eigenvalue weighted by atomic mass is 10.1. The maximum absolute atomic E-state index is 12.8. The highest BCUT2D eigenvalue weighted by molar-refractivity contribution is 7.09. The van der Waals surface area contributed by atoms with E-state index in [-0.39, 0.29) is 5.69 Å². The Bertz CT molecular complexity index is 894. The molecule has 2 rings (SSSR count). The molecule has 168 valence electrons. The lowest BCUT2D eigenvalue weighted by Crippen LogP contribution is -2.51. The fourth-order valence-electron chi connectivity index (χ4n) is 2.61. The van der Waals surface area contributed by atoms with E-state index < -0.39 is 42.3 Å². The predicted octanol–water partition coefficient (Wildman–Crippen LogP) is 2.22. The molecule has 10 heteroatoms. The van der Waals surface area contributed by atoms with Gasteiger partial charge in [-0.05, 0) is 32.8 Å². The van der Waals surface area contributed by atoms with E-state index in [2.05, 4.69) is 15.6 Å². The number of amides is 2. The number of esters is 1. The highest BCUT2D eigenvalue weighted by Crippen LogP contribution is 2.23. The van der Waals surface area contributed by atoms with E-state index in [4.69, 9.17) is 9.47 Å². The SMILES string of the molecule is COC(=O)c1csc([C@@H](Cc2ccccc2)NC(=O)[C@H](CO)NC(=O)OC(C)(C)C)n1. The van der Waals surface area contributed by atoms with Crippen LogP contribution in [0.15, 0.2) is 35.7 Å². The van der Waals surface area contributed by atoms with Crippen LogP contribution in [-0.4, -0.2) is 53.4 Å². The number of aromatic nitrogens is 1. The number of nitrogens with zero attached hydrogens (tertiary/aromatic N) is 1. The fraction of sp³-hybridized carbons (Fsp3) is 0.429.